The highest BCUT2D eigenvalue weighted by atomic mass is 32.2. The van der Waals surface area contributed by atoms with E-state index in [0.29, 0.717) is 6.42 Å². The molecule has 0 saturated carbocycles. The van der Waals surface area contributed by atoms with Crippen molar-refractivity contribution in [1.82, 2.24) is 4.31 Å². The molecule has 0 N–H and O–H groups in total. The molecule has 1 aromatic carbocycles. The van der Waals surface area contributed by atoms with Gasteiger partial charge in [-0.05, 0) is 31.4 Å². The molecule has 2 atom stereocenters. The Morgan fingerprint density at radius 3 is 2.55 bits per heavy atom. The molecule has 8 heteroatoms. The average molecular weight is 302 g/mol. The molecule has 1 fully saturated rings. The highest BCUT2D eigenvalue weighted by Crippen LogP contribution is 2.34. The van der Waals surface area contributed by atoms with Gasteiger partial charge in [-0.1, -0.05) is 13.0 Å². The van der Waals surface area contributed by atoms with Crippen LogP contribution in [-0.2, 0) is 10.0 Å². The summed E-state index contributed by atoms with van der Waals surface area (Å²) in [4.78, 5) is 9.36. The molecule has 2 rings (SSSR count). The van der Waals surface area contributed by atoms with Crippen LogP contribution < -0.4 is 0 Å². The number of nitrogens with zero attached hydrogens (tertiary/aromatic N) is 2. The standard InChI is InChI=1S/C12H15FN2O4S/c1-8-6-9(2)14(7-8)20(18,19)11-5-3-4-10(13)12(11)15(16)17/h3-5,8-9H,6-7H2,1-2H3. The number of nitro benzene ring substituents is 1. The molecule has 0 spiro atoms. The van der Waals surface area contributed by atoms with E-state index in [1.54, 1.807) is 6.92 Å². The molecule has 2 unspecified atom stereocenters. The summed E-state index contributed by atoms with van der Waals surface area (Å²) in [5.74, 6) is -0.969. The SMILES string of the molecule is CC1CC(C)N(S(=O)(=O)c2cccc(F)c2[N+](=O)[O-])C1. The van der Waals surface area contributed by atoms with Crippen molar-refractivity contribution >= 4 is 15.7 Å². The molecule has 0 aromatic heterocycles. The first-order chi connectivity index (χ1) is 9.25. The number of nitro groups is 1. The van der Waals surface area contributed by atoms with Crippen LogP contribution >= 0.6 is 0 Å². The maximum Gasteiger partial charge on any atom is 0.324 e. The van der Waals surface area contributed by atoms with E-state index in [1.165, 1.54) is 10.4 Å². The van der Waals surface area contributed by atoms with Crippen LogP contribution in [0.3, 0.4) is 0 Å². The minimum Gasteiger partial charge on any atom is -0.258 e. The highest BCUT2D eigenvalue weighted by molar-refractivity contribution is 7.89. The second kappa shape index (κ2) is 5.10. The van der Waals surface area contributed by atoms with Crippen LogP contribution in [0.15, 0.2) is 23.1 Å². The highest BCUT2D eigenvalue weighted by Gasteiger charge is 2.40. The van der Waals surface area contributed by atoms with Gasteiger partial charge in [0.15, 0.2) is 4.90 Å². The summed E-state index contributed by atoms with van der Waals surface area (Å²) in [7, 11) is -4.07. The summed E-state index contributed by atoms with van der Waals surface area (Å²) >= 11 is 0. The van der Waals surface area contributed by atoms with Gasteiger partial charge >= 0.3 is 5.69 Å². The van der Waals surface area contributed by atoms with E-state index < -0.39 is 31.3 Å². The van der Waals surface area contributed by atoms with Crippen molar-refractivity contribution in [3.63, 3.8) is 0 Å². The summed E-state index contributed by atoms with van der Waals surface area (Å²) in [5, 5.41) is 10.9. The number of para-hydroxylation sites is 1. The molecule has 0 radical (unpaired) electrons. The molecule has 6 nitrogen and oxygen atoms in total. The van der Waals surface area contributed by atoms with Crippen molar-refractivity contribution in [3.05, 3.63) is 34.1 Å². The number of benzene rings is 1. The van der Waals surface area contributed by atoms with Crippen molar-refractivity contribution in [2.45, 2.75) is 31.2 Å². The third kappa shape index (κ3) is 2.40. The van der Waals surface area contributed by atoms with Gasteiger partial charge in [-0.3, -0.25) is 10.1 Å². The van der Waals surface area contributed by atoms with E-state index in [9.17, 15) is 22.9 Å². The van der Waals surface area contributed by atoms with Gasteiger partial charge in [0.1, 0.15) is 0 Å². The maximum atomic E-state index is 13.6. The topological polar surface area (TPSA) is 80.5 Å². The lowest BCUT2D eigenvalue weighted by molar-refractivity contribution is -0.390. The van der Waals surface area contributed by atoms with Crippen molar-refractivity contribution in [3.8, 4) is 0 Å². The van der Waals surface area contributed by atoms with Crippen molar-refractivity contribution in [2.24, 2.45) is 5.92 Å². The predicted octanol–water partition coefficient (Wildman–Crippen LogP) is 2.15. The van der Waals surface area contributed by atoms with Gasteiger partial charge in [-0.15, -0.1) is 0 Å². The van der Waals surface area contributed by atoms with E-state index in [-0.39, 0.29) is 18.5 Å². The minimum absolute atomic E-state index is 0.174. The number of rotatable bonds is 3. The first-order valence-corrected chi connectivity index (χ1v) is 7.64. The molecule has 1 saturated heterocycles. The zero-order valence-corrected chi connectivity index (χ0v) is 11.9. The predicted molar refractivity (Wildman–Crippen MR) is 70.2 cm³/mol. The van der Waals surface area contributed by atoms with Crippen molar-refractivity contribution in [2.75, 3.05) is 6.54 Å². The first-order valence-electron chi connectivity index (χ1n) is 6.20. The van der Waals surface area contributed by atoms with Gasteiger partial charge in [0.25, 0.3) is 0 Å². The van der Waals surface area contributed by atoms with Gasteiger partial charge in [-0.25, -0.2) is 8.42 Å². The largest absolute Gasteiger partial charge is 0.324 e. The normalized spacial score (nSPS) is 23.9. The maximum absolute atomic E-state index is 13.6. The van der Waals surface area contributed by atoms with E-state index in [1.807, 2.05) is 6.92 Å². The van der Waals surface area contributed by atoms with Crippen LogP contribution in [0.2, 0.25) is 0 Å². The van der Waals surface area contributed by atoms with Gasteiger partial charge in [0.05, 0.1) is 4.92 Å². The Bertz CT molecular complexity index is 647. The second-order valence-corrected chi connectivity index (χ2v) is 6.97. The Morgan fingerprint density at radius 2 is 2.05 bits per heavy atom. The Kier molecular flexibility index (Phi) is 3.79. The van der Waals surface area contributed by atoms with Gasteiger partial charge in [0, 0.05) is 12.6 Å². The summed E-state index contributed by atoms with van der Waals surface area (Å²) in [6.07, 6.45) is 0.683. The smallest absolute Gasteiger partial charge is 0.258 e. The van der Waals surface area contributed by atoms with Crippen LogP contribution in [0.1, 0.15) is 20.3 Å². The summed E-state index contributed by atoms with van der Waals surface area (Å²) in [6.45, 7) is 3.94. The van der Waals surface area contributed by atoms with E-state index in [0.717, 1.165) is 12.1 Å². The van der Waals surface area contributed by atoms with Crippen LogP contribution in [-0.4, -0.2) is 30.2 Å². The molecule has 110 valence electrons. The van der Waals surface area contributed by atoms with Crippen molar-refractivity contribution in [1.29, 1.82) is 0 Å². The Hall–Kier alpha value is -1.54. The molecular formula is C12H15FN2O4S. The number of sulfonamides is 1. The Labute approximate surface area is 116 Å². The first kappa shape index (κ1) is 14.9. The molecule has 1 aliphatic heterocycles. The quantitative estimate of drug-likeness (QED) is 0.633. The number of hydrogen-bond donors (Lipinski definition) is 0. The third-order valence-electron chi connectivity index (χ3n) is 3.45. The van der Waals surface area contributed by atoms with Crippen molar-refractivity contribution < 1.29 is 17.7 Å². The van der Waals surface area contributed by atoms with Crippen LogP contribution in [0.5, 0.6) is 0 Å². The fraction of sp³-hybridized carbons (Fsp3) is 0.500. The fourth-order valence-corrected chi connectivity index (χ4v) is 4.53. The lowest BCUT2D eigenvalue weighted by Crippen LogP contribution is -2.34. The number of hydrogen-bond acceptors (Lipinski definition) is 4. The molecule has 20 heavy (non-hydrogen) atoms. The lowest BCUT2D eigenvalue weighted by Gasteiger charge is -2.20. The van der Waals surface area contributed by atoms with Gasteiger partial charge in [0.2, 0.25) is 15.8 Å². The second-order valence-electron chi connectivity index (χ2n) is 5.11. The van der Waals surface area contributed by atoms with Crippen LogP contribution in [0.4, 0.5) is 10.1 Å². The van der Waals surface area contributed by atoms with Crippen LogP contribution in [0.25, 0.3) is 0 Å². The zero-order chi connectivity index (χ0) is 15.1. The molecule has 1 heterocycles. The Balaban J connectivity index is 2.56. The summed E-state index contributed by atoms with van der Waals surface area (Å²) < 4.78 is 39.8. The summed E-state index contributed by atoms with van der Waals surface area (Å²) in [6, 6.07) is 2.87. The fourth-order valence-electron chi connectivity index (χ4n) is 2.60. The monoisotopic (exact) mass is 302 g/mol. The lowest BCUT2D eigenvalue weighted by atomic mass is 10.1. The molecule has 0 bridgehead atoms. The molecule has 1 aromatic rings. The van der Waals surface area contributed by atoms with E-state index in [2.05, 4.69) is 0 Å². The number of halogens is 1. The van der Waals surface area contributed by atoms with E-state index in [4.69, 9.17) is 0 Å². The van der Waals surface area contributed by atoms with Gasteiger partial charge < -0.3 is 0 Å². The molecule has 1 aliphatic rings. The zero-order valence-electron chi connectivity index (χ0n) is 11.1. The van der Waals surface area contributed by atoms with Gasteiger partial charge in [-0.2, -0.15) is 8.70 Å². The Morgan fingerprint density at radius 1 is 1.40 bits per heavy atom. The molecule has 0 amide bonds. The minimum atomic E-state index is -4.07. The molecule has 0 aliphatic carbocycles. The van der Waals surface area contributed by atoms with E-state index >= 15 is 0 Å². The average Bonchev–Trinajstić information content (AvgIpc) is 2.68. The summed E-state index contributed by atoms with van der Waals surface area (Å²) in [5.41, 5.74) is -0.987. The third-order valence-corrected chi connectivity index (χ3v) is 5.46. The molecular weight excluding hydrogens is 287 g/mol. The van der Waals surface area contributed by atoms with Crippen LogP contribution in [0, 0.1) is 21.8 Å².